The number of sulfonamides is 1. The van der Waals surface area contributed by atoms with Crippen LogP contribution in [0.2, 0.25) is 0 Å². The minimum absolute atomic E-state index is 0.253. The minimum Gasteiger partial charge on any atom is -0.399 e. The molecule has 0 amide bonds. The number of benzene rings is 1. The molecule has 4 nitrogen and oxygen atoms in total. The largest absolute Gasteiger partial charge is 0.399 e. The van der Waals surface area contributed by atoms with Crippen LogP contribution in [0.3, 0.4) is 0 Å². The third-order valence-corrected chi connectivity index (χ3v) is 7.31. The maximum absolute atomic E-state index is 12.6. The predicted molar refractivity (Wildman–Crippen MR) is 82.3 cm³/mol. The molecular weight excluding hydrogens is 404 g/mol. The molecule has 1 aromatic carbocycles. The van der Waals surface area contributed by atoms with Crippen molar-refractivity contribution in [1.29, 1.82) is 0 Å². The Labute approximate surface area is 128 Å². The van der Waals surface area contributed by atoms with Gasteiger partial charge in [0.05, 0.1) is 0 Å². The standard InChI is InChI=1S/C10H12Br2N2O2S2/c11-8-5-7(13)6-9(12)10(8)18(15,16)14-1-3-17-4-2-14/h5-6H,1-4,13H2. The van der Waals surface area contributed by atoms with Gasteiger partial charge in [0, 0.05) is 39.2 Å². The van der Waals surface area contributed by atoms with Gasteiger partial charge in [-0.05, 0) is 44.0 Å². The Morgan fingerprint density at radius 3 is 2.17 bits per heavy atom. The molecule has 0 unspecified atom stereocenters. The van der Waals surface area contributed by atoms with Crippen LogP contribution in [0.15, 0.2) is 26.0 Å². The van der Waals surface area contributed by atoms with Crippen molar-refractivity contribution in [3.05, 3.63) is 21.1 Å². The molecule has 0 spiro atoms. The average molecular weight is 416 g/mol. The molecule has 2 N–H and O–H groups in total. The van der Waals surface area contributed by atoms with E-state index in [2.05, 4.69) is 31.9 Å². The summed E-state index contributed by atoms with van der Waals surface area (Å²) in [6, 6.07) is 3.21. The van der Waals surface area contributed by atoms with Crippen molar-refractivity contribution in [3.8, 4) is 0 Å². The highest BCUT2D eigenvalue weighted by Gasteiger charge is 2.30. The van der Waals surface area contributed by atoms with E-state index in [4.69, 9.17) is 5.73 Å². The second-order valence-corrected chi connectivity index (χ2v) is 8.64. The normalized spacial score (nSPS) is 17.9. The summed E-state index contributed by atoms with van der Waals surface area (Å²) in [5, 5.41) is 0. The van der Waals surface area contributed by atoms with Crippen molar-refractivity contribution in [3.63, 3.8) is 0 Å². The van der Waals surface area contributed by atoms with E-state index >= 15 is 0 Å². The first-order valence-electron chi connectivity index (χ1n) is 5.25. The van der Waals surface area contributed by atoms with Crippen LogP contribution in [0.5, 0.6) is 0 Å². The van der Waals surface area contributed by atoms with Gasteiger partial charge in [0.2, 0.25) is 10.0 Å². The molecule has 100 valence electrons. The van der Waals surface area contributed by atoms with Crippen LogP contribution in [0.1, 0.15) is 0 Å². The number of hydrogen-bond acceptors (Lipinski definition) is 4. The SMILES string of the molecule is Nc1cc(Br)c(S(=O)(=O)N2CCSCC2)c(Br)c1. The summed E-state index contributed by atoms with van der Waals surface area (Å²) in [5.41, 5.74) is 6.19. The maximum atomic E-state index is 12.6. The van der Waals surface area contributed by atoms with E-state index in [1.54, 1.807) is 23.9 Å². The zero-order chi connectivity index (χ0) is 13.3. The first-order chi connectivity index (χ1) is 8.43. The van der Waals surface area contributed by atoms with Crippen LogP contribution in [-0.4, -0.2) is 37.3 Å². The van der Waals surface area contributed by atoms with Gasteiger partial charge < -0.3 is 5.73 Å². The van der Waals surface area contributed by atoms with Crippen molar-refractivity contribution < 1.29 is 8.42 Å². The monoisotopic (exact) mass is 414 g/mol. The molecule has 1 heterocycles. The van der Waals surface area contributed by atoms with Crippen LogP contribution < -0.4 is 5.73 Å². The fraction of sp³-hybridized carbons (Fsp3) is 0.400. The molecule has 1 aliphatic heterocycles. The van der Waals surface area contributed by atoms with E-state index in [1.165, 1.54) is 4.31 Å². The van der Waals surface area contributed by atoms with E-state index in [-0.39, 0.29) is 4.90 Å². The lowest BCUT2D eigenvalue weighted by atomic mass is 10.3. The number of hydrogen-bond donors (Lipinski definition) is 1. The zero-order valence-corrected chi connectivity index (χ0v) is 14.2. The molecule has 1 saturated heterocycles. The maximum Gasteiger partial charge on any atom is 0.245 e. The summed E-state index contributed by atoms with van der Waals surface area (Å²) >= 11 is 8.33. The first kappa shape index (κ1) is 14.6. The summed E-state index contributed by atoms with van der Waals surface area (Å²) in [4.78, 5) is 0.253. The van der Waals surface area contributed by atoms with Crippen LogP contribution in [-0.2, 0) is 10.0 Å². The third-order valence-electron chi connectivity index (χ3n) is 2.59. The van der Waals surface area contributed by atoms with Crippen molar-refractivity contribution in [2.45, 2.75) is 4.90 Å². The van der Waals surface area contributed by atoms with Crippen molar-refractivity contribution in [2.75, 3.05) is 30.3 Å². The molecule has 1 fully saturated rings. The van der Waals surface area contributed by atoms with Crippen LogP contribution in [0.4, 0.5) is 5.69 Å². The summed E-state index contributed by atoms with van der Waals surface area (Å²) in [6.45, 7) is 1.10. The number of nitrogen functional groups attached to an aromatic ring is 1. The number of nitrogens with zero attached hydrogens (tertiary/aromatic N) is 1. The second-order valence-electron chi connectivity index (χ2n) is 3.83. The highest BCUT2D eigenvalue weighted by atomic mass is 79.9. The fourth-order valence-electron chi connectivity index (χ4n) is 1.74. The van der Waals surface area contributed by atoms with Gasteiger partial charge >= 0.3 is 0 Å². The summed E-state index contributed by atoms with van der Waals surface area (Å²) in [6.07, 6.45) is 0. The van der Waals surface area contributed by atoms with Crippen LogP contribution in [0, 0.1) is 0 Å². The van der Waals surface area contributed by atoms with Gasteiger partial charge in [-0.15, -0.1) is 0 Å². The van der Waals surface area contributed by atoms with Gasteiger partial charge in [0.1, 0.15) is 4.90 Å². The quantitative estimate of drug-likeness (QED) is 0.753. The molecule has 18 heavy (non-hydrogen) atoms. The molecule has 0 aromatic heterocycles. The van der Waals surface area contributed by atoms with Gasteiger partial charge in [0.25, 0.3) is 0 Å². The molecular formula is C10H12Br2N2O2S2. The molecule has 0 atom stereocenters. The Morgan fingerprint density at radius 2 is 1.67 bits per heavy atom. The Balaban J connectivity index is 2.47. The van der Waals surface area contributed by atoms with E-state index in [9.17, 15) is 8.42 Å². The van der Waals surface area contributed by atoms with Crippen LogP contribution >= 0.6 is 43.6 Å². The average Bonchev–Trinajstić information content (AvgIpc) is 2.28. The number of halogens is 2. The fourth-order valence-corrected chi connectivity index (χ4v) is 6.86. The predicted octanol–water partition coefficient (Wildman–Crippen LogP) is 2.53. The summed E-state index contributed by atoms with van der Waals surface area (Å²) in [7, 11) is -3.47. The molecule has 0 saturated carbocycles. The molecule has 0 bridgehead atoms. The van der Waals surface area contributed by atoms with Crippen molar-refractivity contribution >= 4 is 59.3 Å². The van der Waals surface area contributed by atoms with Gasteiger partial charge in [-0.2, -0.15) is 16.1 Å². The topological polar surface area (TPSA) is 63.4 Å². The molecule has 8 heteroatoms. The number of nitrogens with two attached hydrogens (primary N) is 1. The molecule has 1 aromatic rings. The zero-order valence-electron chi connectivity index (χ0n) is 9.40. The van der Waals surface area contributed by atoms with E-state index < -0.39 is 10.0 Å². The molecule has 0 radical (unpaired) electrons. The Morgan fingerprint density at radius 1 is 1.17 bits per heavy atom. The van der Waals surface area contributed by atoms with Gasteiger partial charge in [-0.25, -0.2) is 8.42 Å². The third kappa shape index (κ3) is 2.87. The summed E-state index contributed by atoms with van der Waals surface area (Å²) in [5.74, 6) is 1.67. The number of anilines is 1. The Hall–Kier alpha value is 0.240. The van der Waals surface area contributed by atoms with Crippen molar-refractivity contribution in [1.82, 2.24) is 4.31 Å². The van der Waals surface area contributed by atoms with Gasteiger partial charge in [-0.3, -0.25) is 0 Å². The highest BCUT2D eigenvalue weighted by Crippen LogP contribution is 2.35. The lowest BCUT2D eigenvalue weighted by Crippen LogP contribution is -2.38. The Kier molecular flexibility index (Phi) is 4.64. The highest BCUT2D eigenvalue weighted by molar-refractivity contribution is 9.11. The lowest BCUT2D eigenvalue weighted by Gasteiger charge is -2.26. The molecule has 1 aliphatic rings. The number of rotatable bonds is 2. The summed E-state index contributed by atoms with van der Waals surface area (Å²) < 4.78 is 27.6. The van der Waals surface area contributed by atoms with E-state index in [0.29, 0.717) is 27.7 Å². The smallest absolute Gasteiger partial charge is 0.245 e. The van der Waals surface area contributed by atoms with Gasteiger partial charge in [-0.1, -0.05) is 0 Å². The second kappa shape index (κ2) is 5.70. The first-order valence-corrected chi connectivity index (χ1v) is 9.43. The molecule has 0 aliphatic carbocycles. The molecule has 2 rings (SSSR count). The van der Waals surface area contributed by atoms with E-state index in [1.807, 2.05) is 0 Å². The van der Waals surface area contributed by atoms with Crippen LogP contribution in [0.25, 0.3) is 0 Å². The minimum atomic E-state index is -3.47. The van der Waals surface area contributed by atoms with Gasteiger partial charge in [0.15, 0.2) is 0 Å². The number of thioether (sulfide) groups is 1. The lowest BCUT2D eigenvalue weighted by molar-refractivity contribution is 0.443. The Bertz CT molecular complexity index is 534. The van der Waals surface area contributed by atoms with E-state index in [0.717, 1.165) is 11.5 Å². The van der Waals surface area contributed by atoms with Crippen molar-refractivity contribution in [2.24, 2.45) is 0 Å².